The van der Waals surface area contributed by atoms with Crippen molar-refractivity contribution in [2.24, 2.45) is 0 Å². The van der Waals surface area contributed by atoms with E-state index in [1.165, 1.54) is 13.2 Å². The van der Waals surface area contributed by atoms with E-state index < -0.39 is 5.97 Å². The number of methoxy groups -OCH3 is 1. The molecular weight excluding hydrogens is 332 g/mol. The lowest BCUT2D eigenvalue weighted by atomic mass is 10.0. The molecule has 3 rings (SSSR count). The molecule has 0 fully saturated rings. The Balaban J connectivity index is 1.99. The second-order valence-corrected chi connectivity index (χ2v) is 5.99. The van der Waals surface area contributed by atoms with Crippen molar-refractivity contribution in [2.45, 2.75) is 19.4 Å². The minimum atomic E-state index is -1.12. The zero-order valence-electron chi connectivity index (χ0n) is 14.7. The highest BCUT2D eigenvalue weighted by Crippen LogP contribution is 2.29. The first-order chi connectivity index (χ1) is 12.5. The van der Waals surface area contributed by atoms with Gasteiger partial charge in [0.1, 0.15) is 17.1 Å². The zero-order chi connectivity index (χ0) is 18.7. The first-order valence-corrected chi connectivity index (χ1v) is 8.41. The summed E-state index contributed by atoms with van der Waals surface area (Å²) in [6, 6.07) is 10.1. The summed E-state index contributed by atoms with van der Waals surface area (Å²) in [4.78, 5) is 30.1. The van der Waals surface area contributed by atoms with Gasteiger partial charge >= 0.3 is 5.97 Å². The van der Waals surface area contributed by atoms with Crippen molar-refractivity contribution < 1.29 is 19.4 Å². The van der Waals surface area contributed by atoms with Gasteiger partial charge in [-0.25, -0.2) is 9.78 Å². The molecule has 26 heavy (non-hydrogen) atoms. The summed E-state index contributed by atoms with van der Waals surface area (Å²) in [5.74, 6) is -0.721. The van der Waals surface area contributed by atoms with Gasteiger partial charge in [-0.15, -0.1) is 0 Å². The number of hydrogen-bond donors (Lipinski definition) is 1. The molecule has 6 nitrogen and oxygen atoms in total. The van der Waals surface area contributed by atoms with Gasteiger partial charge in [-0.1, -0.05) is 31.2 Å². The number of rotatable bonds is 5. The Morgan fingerprint density at radius 1 is 1.31 bits per heavy atom. The summed E-state index contributed by atoms with van der Waals surface area (Å²) in [7, 11) is 1.50. The Morgan fingerprint density at radius 2 is 2.12 bits per heavy atom. The van der Waals surface area contributed by atoms with E-state index in [-0.39, 0.29) is 17.6 Å². The Morgan fingerprint density at radius 3 is 2.81 bits per heavy atom. The van der Waals surface area contributed by atoms with E-state index in [0.717, 1.165) is 6.42 Å². The number of aromatic nitrogens is 1. The molecule has 1 N–H and O–H groups in total. The van der Waals surface area contributed by atoms with E-state index in [1.807, 2.05) is 24.0 Å². The average Bonchev–Trinajstić information content (AvgIpc) is 3.15. The second kappa shape index (κ2) is 7.39. The largest absolute Gasteiger partial charge is 0.494 e. The number of pyridine rings is 1. The molecule has 0 bridgehead atoms. The summed E-state index contributed by atoms with van der Waals surface area (Å²) in [5.41, 5.74) is 1.49. The predicted molar refractivity (Wildman–Crippen MR) is 97.4 cm³/mol. The summed E-state index contributed by atoms with van der Waals surface area (Å²) in [6.45, 7) is 2.64. The molecule has 0 saturated heterocycles. The van der Waals surface area contributed by atoms with Crippen molar-refractivity contribution in [1.29, 1.82) is 0 Å². The zero-order valence-corrected chi connectivity index (χ0v) is 14.7. The van der Waals surface area contributed by atoms with Crippen LogP contribution in [0.4, 0.5) is 0 Å². The van der Waals surface area contributed by atoms with E-state index in [9.17, 15) is 14.7 Å². The number of benzene rings is 1. The molecule has 1 amide bonds. The van der Waals surface area contributed by atoms with Gasteiger partial charge in [0.2, 0.25) is 0 Å². The van der Waals surface area contributed by atoms with Crippen LogP contribution in [0.25, 0.3) is 11.3 Å². The molecule has 0 unspecified atom stereocenters. The Kier molecular flexibility index (Phi) is 5.02. The first-order valence-electron chi connectivity index (χ1n) is 8.41. The van der Waals surface area contributed by atoms with Crippen molar-refractivity contribution in [1.82, 2.24) is 9.88 Å². The van der Waals surface area contributed by atoms with E-state index in [2.05, 4.69) is 4.98 Å². The van der Waals surface area contributed by atoms with Gasteiger partial charge < -0.3 is 14.7 Å². The minimum Gasteiger partial charge on any atom is -0.494 e. The maximum atomic E-state index is 12.9. The maximum Gasteiger partial charge on any atom is 0.354 e. The quantitative estimate of drug-likeness (QED) is 0.836. The van der Waals surface area contributed by atoms with Crippen molar-refractivity contribution >= 4 is 11.9 Å². The third-order valence-corrected chi connectivity index (χ3v) is 4.42. The van der Waals surface area contributed by atoms with Gasteiger partial charge in [0.25, 0.3) is 5.91 Å². The molecule has 0 saturated carbocycles. The summed E-state index contributed by atoms with van der Waals surface area (Å²) in [5, 5.41) is 9.19. The average molecular weight is 352 g/mol. The molecule has 134 valence electrons. The lowest BCUT2D eigenvalue weighted by molar-refractivity contribution is 0.0689. The minimum absolute atomic E-state index is 0.0583. The molecule has 0 radical (unpaired) electrons. The topological polar surface area (TPSA) is 79.7 Å². The van der Waals surface area contributed by atoms with Gasteiger partial charge in [-0.3, -0.25) is 4.79 Å². The fourth-order valence-electron chi connectivity index (χ4n) is 3.06. The molecule has 1 aliphatic heterocycles. The molecule has 6 heteroatoms. The van der Waals surface area contributed by atoms with E-state index in [1.54, 1.807) is 30.3 Å². The lowest BCUT2D eigenvalue weighted by Gasteiger charge is -2.23. The Bertz CT molecular complexity index is 876. The number of carbonyl (C=O) groups is 2. The van der Waals surface area contributed by atoms with Gasteiger partial charge in [0.15, 0.2) is 0 Å². The number of ether oxygens (including phenoxy) is 1. The van der Waals surface area contributed by atoms with Crippen molar-refractivity contribution in [3.63, 3.8) is 0 Å². The van der Waals surface area contributed by atoms with Crippen LogP contribution >= 0.6 is 0 Å². The molecule has 2 heterocycles. The first kappa shape index (κ1) is 17.7. The number of hydrogen-bond acceptors (Lipinski definition) is 4. The molecular formula is C20H20N2O4. The maximum absolute atomic E-state index is 12.9. The SMILES string of the molecule is CC[C@H]1C=CCN1C(=O)c1cccc(-c2nc(C(=O)O)ccc2OC)c1. The van der Waals surface area contributed by atoms with Crippen molar-refractivity contribution in [2.75, 3.05) is 13.7 Å². The number of amides is 1. The third kappa shape index (κ3) is 3.31. The molecule has 2 aromatic rings. The van der Waals surface area contributed by atoms with E-state index in [0.29, 0.717) is 29.1 Å². The standard InChI is InChI=1S/C20H20N2O4/c1-3-15-8-5-11-22(15)19(23)14-7-4-6-13(12-14)18-17(26-2)10-9-16(21-18)20(24)25/h4-10,12,15H,3,11H2,1-2H3,(H,24,25)/t15-/m0/s1. The van der Waals surface area contributed by atoms with Crippen LogP contribution in [0.3, 0.4) is 0 Å². The Labute approximate surface area is 151 Å². The lowest BCUT2D eigenvalue weighted by Crippen LogP contribution is -2.35. The van der Waals surface area contributed by atoms with E-state index >= 15 is 0 Å². The number of carboxylic acids is 1. The molecule has 1 atom stereocenters. The van der Waals surface area contributed by atoms with E-state index in [4.69, 9.17) is 4.74 Å². The van der Waals surface area contributed by atoms with Crippen LogP contribution in [0.5, 0.6) is 5.75 Å². The summed E-state index contributed by atoms with van der Waals surface area (Å²) < 4.78 is 5.31. The molecule has 0 aliphatic carbocycles. The monoisotopic (exact) mass is 352 g/mol. The highest BCUT2D eigenvalue weighted by atomic mass is 16.5. The number of nitrogens with zero attached hydrogens (tertiary/aromatic N) is 2. The van der Waals surface area contributed by atoms with Gasteiger partial charge in [-0.05, 0) is 30.7 Å². The Hall–Kier alpha value is -3.15. The third-order valence-electron chi connectivity index (χ3n) is 4.42. The van der Waals surface area contributed by atoms with Crippen LogP contribution in [0.15, 0.2) is 48.6 Å². The van der Waals surface area contributed by atoms with Crippen LogP contribution in [0, 0.1) is 0 Å². The van der Waals surface area contributed by atoms with Crippen LogP contribution in [-0.4, -0.2) is 46.6 Å². The number of aromatic carboxylic acids is 1. The summed E-state index contributed by atoms with van der Waals surface area (Å²) >= 11 is 0. The van der Waals surface area contributed by atoms with Gasteiger partial charge in [0, 0.05) is 17.7 Å². The van der Waals surface area contributed by atoms with Crippen LogP contribution in [-0.2, 0) is 0 Å². The van der Waals surface area contributed by atoms with Gasteiger partial charge in [-0.2, -0.15) is 0 Å². The van der Waals surface area contributed by atoms with Gasteiger partial charge in [0.05, 0.1) is 13.2 Å². The highest BCUT2D eigenvalue weighted by Gasteiger charge is 2.24. The van der Waals surface area contributed by atoms with Crippen LogP contribution < -0.4 is 4.74 Å². The smallest absolute Gasteiger partial charge is 0.354 e. The normalized spacial score (nSPS) is 15.9. The fourth-order valence-corrected chi connectivity index (χ4v) is 3.06. The highest BCUT2D eigenvalue weighted by molar-refractivity contribution is 5.96. The molecule has 1 aromatic carbocycles. The summed E-state index contributed by atoms with van der Waals surface area (Å²) in [6.07, 6.45) is 4.90. The van der Waals surface area contributed by atoms with Crippen LogP contribution in [0.1, 0.15) is 34.2 Å². The number of carboxylic acid groups (broad SMARTS) is 1. The van der Waals surface area contributed by atoms with Crippen molar-refractivity contribution in [3.05, 3.63) is 59.8 Å². The second-order valence-electron chi connectivity index (χ2n) is 5.99. The fraction of sp³-hybridized carbons (Fsp3) is 0.250. The molecule has 1 aromatic heterocycles. The number of carbonyl (C=O) groups excluding carboxylic acids is 1. The van der Waals surface area contributed by atoms with Crippen molar-refractivity contribution in [3.8, 4) is 17.0 Å². The predicted octanol–water partition coefficient (Wildman–Crippen LogP) is 3.25. The van der Waals surface area contributed by atoms with Crippen LogP contribution in [0.2, 0.25) is 0 Å². The molecule has 1 aliphatic rings. The molecule has 0 spiro atoms.